The molecular formula is C12H13BrN4. The maximum absolute atomic E-state index is 7.67. The highest BCUT2D eigenvalue weighted by Crippen LogP contribution is 2.18. The molecule has 5 heteroatoms. The maximum atomic E-state index is 7.67. The van der Waals surface area contributed by atoms with Gasteiger partial charge in [0.25, 0.3) is 0 Å². The summed E-state index contributed by atoms with van der Waals surface area (Å²) < 4.78 is 2.70. The van der Waals surface area contributed by atoms with Gasteiger partial charge in [0.1, 0.15) is 5.84 Å². The summed E-state index contributed by atoms with van der Waals surface area (Å²) in [6, 6.07) is 9.80. The summed E-state index contributed by atoms with van der Waals surface area (Å²) >= 11 is 3.35. The molecule has 2 aromatic rings. The monoisotopic (exact) mass is 292 g/mol. The summed E-state index contributed by atoms with van der Waals surface area (Å²) in [4.78, 5) is 0. The van der Waals surface area contributed by atoms with Crippen LogP contribution >= 0.6 is 15.9 Å². The van der Waals surface area contributed by atoms with Gasteiger partial charge in [-0.2, -0.15) is 5.10 Å². The van der Waals surface area contributed by atoms with Gasteiger partial charge in [-0.05, 0) is 21.5 Å². The standard InChI is InChI=1S/C12H13BrN4/c13-10-6-16-17(7-10)8-11(12(14)15)9-4-2-1-3-5-9/h1-7,11H,8H2,(H3,14,15). The second-order valence-electron chi connectivity index (χ2n) is 3.80. The zero-order chi connectivity index (χ0) is 12.3. The smallest absolute Gasteiger partial charge is 0.100 e. The molecule has 0 saturated carbocycles. The molecule has 0 aliphatic heterocycles. The van der Waals surface area contributed by atoms with Crippen LogP contribution in [0.4, 0.5) is 0 Å². The third-order valence-electron chi connectivity index (χ3n) is 2.55. The normalized spacial score (nSPS) is 12.3. The Labute approximate surface area is 108 Å². The van der Waals surface area contributed by atoms with Crippen LogP contribution in [0.25, 0.3) is 0 Å². The van der Waals surface area contributed by atoms with Crippen molar-refractivity contribution >= 4 is 21.8 Å². The van der Waals surface area contributed by atoms with E-state index in [2.05, 4.69) is 21.0 Å². The Morgan fingerprint density at radius 3 is 2.65 bits per heavy atom. The average molecular weight is 293 g/mol. The summed E-state index contributed by atoms with van der Waals surface area (Å²) in [5.41, 5.74) is 6.69. The molecule has 0 saturated heterocycles. The topological polar surface area (TPSA) is 67.7 Å². The molecule has 1 aromatic carbocycles. The molecule has 2 rings (SSSR count). The van der Waals surface area contributed by atoms with Gasteiger partial charge in [-0.3, -0.25) is 10.1 Å². The van der Waals surface area contributed by atoms with E-state index in [1.165, 1.54) is 0 Å². The van der Waals surface area contributed by atoms with E-state index < -0.39 is 0 Å². The third kappa shape index (κ3) is 2.94. The minimum Gasteiger partial charge on any atom is -0.387 e. The number of nitrogens with one attached hydrogen (secondary N) is 1. The second kappa shape index (κ2) is 5.14. The number of hydrogen-bond donors (Lipinski definition) is 2. The number of aromatic nitrogens is 2. The van der Waals surface area contributed by atoms with Crippen LogP contribution < -0.4 is 5.73 Å². The number of rotatable bonds is 4. The summed E-state index contributed by atoms with van der Waals surface area (Å²) in [5.74, 6) is 0.0193. The quantitative estimate of drug-likeness (QED) is 0.671. The van der Waals surface area contributed by atoms with Crippen molar-refractivity contribution in [2.75, 3.05) is 0 Å². The van der Waals surface area contributed by atoms with Crippen LogP contribution in [-0.4, -0.2) is 15.6 Å². The Balaban J connectivity index is 2.22. The molecule has 0 amide bonds. The lowest BCUT2D eigenvalue weighted by Gasteiger charge is -2.15. The minimum atomic E-state index is -0.136. The zero-order valence-electron chi connectivity index (χ0n) is 9.18. The highest BCUT2D eigenvalue weighted by atomic mass is 79.9. The number of amidine groups is 1. The molecular weight excluding hydrogens is 280 g/mol. The summed E-state index contributed by atoms with van der Waals surface area (Å²) in [5, 5.41) is 11.9. The SMILES string of the molecule is N=C(N)C(Cn1cc(Br)cn1)c1ccccc1. The molecule has 88 valence electrons. The summed E-state index contributed by atoms with van der Waals surface area (Å²) in [7, 11) is 0. The predicted molar refractivity (Wildman–Crippen MR) is 71.0 cm³/mol. The van der Waals surface area contributed by atoms with Crippen molar-refractivity contribution in [3.63, 3.8) is 0 Å². The lowest BCUT2D eigenvalue weighted by atomic mass is 9.98. The largest absolute Gasteiger partial charge is 0.387 e. The molecule has 4 nitrogen and oxygen atoms in total. The van der Waals surface area contributed by atoms with E-state index >= 15 is 0 Å². The van der Waals surface area contributed by atoms with E-state index in [9.17, 15) is 0 Å². The number of nitrogens with zero attached hydrogens (tertiary/aromatic N) is 2. The van der Waals surface area contributed by atoms with E-state index in [0.717, 1.165) is 10.0 Å². The summed E-state index contributed by atoms with van der Waals surface area (Å²) in [6.07, 6.45) is 3.60. The van der Waals surface area contributed by atoms with Gasteiger partial charge in [-0.15, -0.1) is 0 Å². The van der Waals surface area contributed by atoms with Gasteiger partial charge in [0.2, 0.25) is 0 Å². The van der Waals surface area contributed by atoms with Gasteiger partial charge in [-0.25, -0.2) is 0 Å². The Hall–Kier alpha value is -1.62. The molecule has 0 spiro atoms. The van der Waals surface area contributed by atoms with Gasteiger partial charge >= 0.3 is 0 Å². The Kier molecular flexibility index (Phi) is 3.58. The number of nitrogens with two attached hydrogens (primary N) is 1. The molecule has 0 bridgehead atoms. The van der Waals surface area contributed by atoms with Gasteiger partial charge in [-0.1, -0.05) is 30.3 Å². The minimum absolute atomic E-state index is 0.136. The summed E-state index contributed by atoms with van der Waals surface area (Å²) in [6.45, 7) is 0.574. The fourth-order valence-corrected chi connectivity index (χ4v) is 2.02. The van der Waals surface area contributed by atoms with Crippen molar-refractivity contribution in [3.05, 3.63) is 52.8 Å². The molecule has 1 atom stereocenters. The van der Waals surface area contributed by atoms with E-state index in [1.807, 2.05) is 36.5 Å². The zero-order valence-corrected chi connectivity index (χ0v) is 10.8. The lowest BCUT2D eigenvalue weighted by Crippen LogP contribution is -2.25. The molecule has 0 aliphatic carbocycles. The number of halogens is 1. The van der Waals surface area contributed by atoms with Crippen LogP contribution in [0.5, 0.6) is 0 Å². The van der Waals surface area contributed by atoms with Gasteiger partial charge in [0, 0.05) is 6.20 Å². The molecule has 0 radical (unpaired) electrons. The van der Waals surface area contributed by atoms with Gasteiger partial charge in [0.15, 0.2) is 0 Å². The molecule has 17 heavy (non-hydrogen) atoms. The Morgan fingerprint density at radius 1 is 1.41 bits per heavy atom. The first kappa shape index (κ1) is 11.9. The number of benzene rings is 1. The fourth-order valence-electron chi connectivity index (χ4n) is 1.69. The van der Waals surface area contributed by atoms with Crippen molar-refractivity contribution in [1.82, 2.24) is 9.78 Å². The van der Waals surface area contributed by atoms with E-state index in [1.54, 1.807) is 10.9 Å². The second-order valence-corrected chi connectivity index (χ2v) is 4.71. The molecule has 0 fully saturated rings. The van der Waals surface area contributed by atoms with Crippen LogP contribution in [0.1, 0.15) is 11.5 Å². The Bertz CT molecular complexity index is 506. The molecule has 1 unspecified atom stereocenters. The predicted octanol–water partition coefficient (Wildman–Crippen LogP) is 2.37. The first-order chi connectivity index (χ1) is 8.16. The van der Waals surface area contributed by atoms with Crippen LogP contribution in [0.2, 0.25) is 0 Å². The lowest BCUT2D eigenvalue weighted by molar-refractivity contribution is 0.585. The van der Waals surface area contributed by atoms with E-state index in [4.69, 9.17) is 11.1 Å². The van der Waals surface area contributed by atoms with E-state index in [-0.39, 0.29) is 11.8 Å². The van der Waals surface area contributed by atoms with Crippen LogP contribution in [-0.2, 0) is 6.54 Å². The van der Waals surface area contributed by atoms with Gasteiger partial charge < -0.3 is 5.73 Å². The van der Waals surface area contributed by atoms with E-state index in [0.29, 0.717) is 6.54 Å². The first-order valence-electron chi connectivity index (χ1n) is 5.23. The third-order valence-corrected chi connectivity index (χ3v) is 2.96. The first-order valence-corrected chi connectivity index (χ1v) is 6.03. The van der Waals surface area contributed by atoms with Crippen LogP contribution in [0, 0.1) is 5.41 Å². The average Bonchev–Trinajstić information content (AvgIpc) is 2.73. The molecule has 0 aliphatic rings. The van der Waals surface area contributed by atoms with Gasteiger partial charge in [0.05, 0.1) is 23.1 Å². The van der Waals surface area contributed by atoms with Crippen molar-refractivity contribution in [3.8, 4) is 0 Å². The van der Waals surface area contributed by atoms with Crippen molar-refractivity contribution in [2.24, 2.45) is 5.73 Å². The van der Waals surface area contributed by atoms with Crippen molar-refractivity contribution in [1.29, 1.82) is 5.41 Å². The molecule has 3 N–H and O–H groups in total. The van der Waals surface area contributed by atoms with Crippen molar-refractivity contribution in [2.45, 2.75) is 12.5 Å². The van der Waals surface area contributed by atoms with Crippen LogP contribution in [0.3, 0.4) is 0 Å². The molecule has 1 aromatic heterocycles. The number of hydrogen-bond acceptors (Lipinski definition) is 2. The highest BCUT2D eigenvalue weighted by molar-refractivity contribution is 9.10. The Morgan fingerprint density at radius 2 is 2.12 bits per heavy atom. The fraction of sp³-hybridized carbons (Fsp3) is 0.167. The molecule has 1 heterocycles. The van der Waals surface area contributed by atoms with Crippen LogP contribution in [0.15, 0.2) is 47.2 Å². The highest BCUT2D eigenvalue weighted by Gasteiger charge is 2.15. The maximum Gasteiger partial charge on any atom is 0.100 e. The van der Waals surface area contributed by atoms with Crippen molar-refractivity contribution < 1.29 is 0 Å².